The fraction of sp³-hybridized carbons (Fsp3) is 0.824. The van der Waals surface area contributed by atoms with Crippen molar-refractivity contribution in [1.29, 1.82) is 0 Å². The zero-order chi connectivity index (χ0) is 20.8. The van der Waals surface area contributed by atoms with Gasteiger partial charge in [0.2, 0.25) is 0 Å². The number of carbonyl (C=O) groups is 3. The maximum absolute atomic E-state index is 12.3. The third-order valence-electron chi connectivity index (χ3n) is 3.77. The summed E-state index contributed by atoms with van der Waals surface area (Å²) in [5, 5.41) is 11.7. The second kappa shape index (κ2) is 14.5. The SMILES string of the molecule is CCCOC(=O)[C@H](CCCNC(N)N)NN[C@@H](CCC(=O)O)C(=O)C(C)C. The van der Waals surface area contributed by atoms with Gasteiger partial charge in [-0.3, -0.25) is 19.7 Å². The van der Waals surface area contributed by atoms with Crippen molar-refractivity contribution in [3.8, 4) is 0 Å². The number of carbonyl (C=O) groups excluding carboxylic acids is 2. The van der Waals surface area contributed by atoms with Gasteiger partial charge in [-0.1, -0.05) is 20.8 Å². The zero-order valence-electron chi connectivity index (χ0n) is 16.5. The van der Waals surface area contributed by atoms with Crippen LogP contribution in [0.2, 0.25) is 0 Å². The summed E-state index contributed by atoms with van der Waals surface area (Å²) in [4.78, 5) is 35.4. The lowest BCUT2D eigenvalue weighted by Crippen LogP contribution is -2.54. The summed E-state index contributed by atoms with van der Waals surface area (Å²) in [5.41, 5.74) is 16.5. The second-order valence-electron chi connectivity index (χ2n) is 6.67. The third-order valence-corrected chi connectivity index (χ3v) is 3.77. The smallest absolute Gasteiger partial charge is 0.324 e. The topological polar surface area (TPSA) is 169 Å². The van der Waals surface area contributed by atoms with Crippen molar-refractivity contribution in [1.82, 2.24) is 16.2 Å². The number of ketones is 1. The molecule has 158 valence electrons. The lowest BCUT2D eigenvalue weighted by Gasteiger charge is -2.24. The van der Waals surface area contributed by atoms with Crippen LogP contribution in [-0.2, 0) is 19.1 Å². The largest absolute Gasteiger partial charge is 0.481 e. The van der Waals surface area contributed by atoms with Crippen molar-refractivity contribution in [2.75, 3.05) is 13.2 Å². The number of hydrogen-bond acceptors (Lipinski definition) is 9. The van der Waals surface area contributed by atoms with Gasteiger partial charge in [0.05, 0.1) is 12.6 Å². The molecule has 0 amide bonds. The molecule has 0 unspecified atom stereocenters. The Morgan fingerprint density at radius 1 is 1.07 bits per heavy atom. The van der Waals surface area contributed by atoms with Crippen LogP contribution < -0.4 is 27.6 Å². The molecule has 0 aromatic heterocycles. The van der Waals surface area contributed by atoms with E-state index >= 15 is 0 Å². The van der Waals surface area contributed by atoms with E-state index in [1.165, 1.54) is 0 Å². The quantitative estimate of drug-likeness (QED) is 0.0870. The molecular weight excluding hydrogens is 354 g/mol. The fourth-order valence-corrected chi connectivity index (χ4v) is 2.28. The molecule has 27 heavy (non-hydrogen) atoms. The zero-order valence-corrected chi connectivity index (χ0v) is 16.5. The summed E-state index contributed by atoms with van der Waals surface area (Å²) in [6.45, 7) is 6.20. The first-order chi connectivity index (χ1) is 12.7. The molecule has 0 aliphatic rings. The number of Topliss-reactive ketones (excluding diaryl/α,β-unsaturated/α-hetero) is 1. The summed E-state index contributed by atoms with van der Waals surface area (Å²) in [6.07, 6.45) is 1.06. The summed E-state index contributed by atoms with van der Waals surface area (Å²) < 4.78 is 5.18. The van der Waals surface area contributed by atoms with Crippen LogP contribution >= 0.6 is 0 Å². The molecule has 0 rings (SSSR count). The molecule has 8 N–H and O–H groups in total. The number of aliphatic carboxylic acids is 1. The van der Waals surface area contributed by atoms with E-state index < -0.39 is 30.3 Å². The molecular formula is C17H35N5O5. The molecule has 0 aromatic carbocycles. The van der Waals surface area contributed by atoms with Crippen molar-refractivity contribution in [3.63, 3.8) is 0 Å². The van der Waals surface area contributed by atoms with Gasteiger partial charge in [-0.05, 0) is 32.2 Å². The molecule has 0 heterocycles. The third kappa shape index (κ3) is 12.4. The standard InChI is InChI=1S/C17H35N5O5/c1-4-10-27-16(26)13(6-5-9-20-17(18)19)22-21-12(7-8-14(23)24)15(25)11(2)3/h11-13,17,20-22H,4-10,18-19H2,1-3H3,(H,23,24)/t12-,13-/m0/s1. The van der Waals surface area contributed by atoms with E-state index in [-0.39, 0.29) is 24.5 Å². The normalized spacial score (nSPS) is 13.6. The van der Waals surface area contributed by atoms with E-state index in [1.807, 2.05) is 6.92 Å². The number of hydrogen-bond donors (Lipinski definition) is 6. The van der Waals surface area contributed by atoms with Gasteiger partial charge in [0.15, 0.2) is 5.78 Å². The summed E-state index contributed by atoms with van der Waals surface area (Å²) in [6, 6.07) is -1.39. The number of ether oxygens (including phenoxy) is 1. The van der Waals surface area contributed by atoms with Gasteiger partial charge in [0.1, 0.15) is 12.3 Å². The number of carboxylic acids is 1. The Hall–Kier alpha value is -1.59. The van der Waals surface area contributed by atoms with Crippen LogP contribution in [-0.4, -0.2) is 54.4 Å². The van der Waals surface area contributed by atoms with Crippen LogP contribution in [0.15, 0.2) is 0 Å². The maximum Gasteiger partial charge on any atom is 0.324 e. The molecule has 2 atom stereocenters. The predicted molar refractivity (Wildman–Crippen MR) is 101 cm³/mol. The maximum atomic E-state index is 12.3. The van der Waals surface area contributed by atoms with Crippen LogP contribution in [0.5, 0.6) is 0 Å². The summed E-state index contributed by atoms with van der Waals surface area (Å²) in [5.74, 6) is -1.81. The Bertz CT molecular complexity index is 459. The molecule has 0 aliphatic heterocycles. The highest BCUT2D eigenvalue weighted by Gasteiger charge is 2.25. The van der Waals surface area contributed by atoms with Crippen LogP contribution in [0, 0.1) is 5.92 Å². The molecule has 0 saturated carbocycles. The molecule has 10 nitrogen and oxygen atoms in total. The van der Waals surface area contributed by atoms with E-state index in [2.05, 4.69) is 16.2 Å². The molecule has 0 fully saturated rings. The van der Waals surface area contributed by atoms with Gasteiger partial charge in [-0.15, -0.1) is 0 Å². The number of hydrazine groups is 1. The Labute approximate surface area is 160 Å². The molecule has 0 saturated heterocycles. The van der Waals surface area contributed by atoms with Gasteiger partial charge in [0, 0.05) is 12.3 Å². The average molecular weight is 389 g/mol. The summed E-state index contributed by atoms with van der Waals surface area (Å²) >= 11 is 0. The lowest BCUT2D eigenvalue weighted by atomic mass is 9.98. The molecule has 0 aliphatic carbocycles. The average Bonchev–Trinajstić information content (AvgIpc) is 2.60. The van der Waals surface area contributed by atoms with Gasteiger partial charge in [-0.2, -0.15) is 0 Å². The van der Waals surface area contributed by atoms with Crippen molar-refractivity contribution in [2.24, 2.45) is 17.4 Å². The second-order valence-corrected chi connectivity index (χ2v) is 6.67. The molecule has 0 spiro atoms. The minimum Gasteiger partial charge on any atom is -0.481 e. The number of nitrogens with one attached hydrogen (secondary N) is 3. The van der Waals surface area contributed by atoms with Crippen molar-refractivity contribution < 1.29 is 24.2 Å². The minimum atomic E-state index is -0.985. The number of rotatable bonds is 16. The Balaban J connectivity index is 4.82. The Morgan fingerprint density at radius 3 is 2.22 bits per heavy atom. The van der Waals surface area contributed by atoms with Gasteiger partial charge in [0.25, 0.3) is 0 Å². The Kier molecular flexibility index (Phi) is 13.6. The molecule has 0 bridgehead atoms. The predicted octanol–water partition coefficient (Wildman–Crippen LogP) is -0.568. The summed E-state index contributed by atoms with van der Waals surface area (Å²) in [7, 11) is 0. The van der Waals surface area contributed by atoms with Gasteiger partial charge >= 0.3 is 11.9 Å². The highest BCUT2D eigenvalue weighted by atomic mass is 16.5. The van der Waals surface area contributed by atoms with Crippen molar-refractivity contribution in [3.05, 3.63) is 0 Å². The molecule has 10 heteroatoms. The van der Waals surface area contributed by atoms with Crippen molar-refractivity contribution >= 4 is 17.7 Å². The first-order valence-electron chi connectivity index (χ1n) is 9.36. The number of carboxylic acid groups (broad SMARTS) is 1. The van der Waals surface area contributed by atoms with E-state index in [9.17, 15) is 14.4 Å². The lowest BCUT2D eigenvalue weighted by molar-refractivity contribution is -0.147. The van der Waals surface area contributed by atoms with Crippen LogP contribution in [0.3, 0.4) is 0 Å². The van der Waals surface area contributed by atoms with Gasteiger partial charge < -0.3 is 21.3 Å². The van der Waals surface area contributed by atoms with Crippen LogP contribution in [0.25, 0.3) is 0 Å². The van der Waals surface area contributed by atoms with E-state index in [4.69, 9.17) is 21.3 Å². The van der Waals surface area contributed by atoms with Crippen molar-refractivity contribution in [2.45, 2.75) is 71.2 Å². The van der Waals surface area contributed by atoms with E-state index in [1.54, 1.807) is 13.8 Å². The first-order valence-corrected chi connectivity index (χ1v) is 9.36. The Morgan fingerprint density at radius 2 is 1.70 bits per heavy atom. The monoisotopic (exact) mass is 389 g/mol. The first kappa shape index (κ1) is 25.4. The number of esters is 1. The van der Waals surface area contributed by atoms with Crippen LogP contribution in [0.4, 0.5) is 0 Å². The van der Waals surface area contributed by atoms with Crippen LogP contribution in [0.1, 0.15) is 52.9 Å². The molecule has 0 aromatic rings. The highest BCUT2D eigenvalue weighted by molar-refractivity contribution is 5.86. The number of nitrogens with two attached hydrogens (primary N) is 2. The minimum absolute atomic E-state index is 0.125. The fourth-order valence-electron chi connectivity index (χ4n) is 2.28. The highest BCUT2D eigenvalue weighted by Crippen LogP contribution is 2.07. The molecule has 0 radical (unpaired) electrons. The van der Waals surface area contributed by atoms with Gasteiger partial charge in [-0.25, -0.2) is 10.9 Å². The van der Waals surface area contributed by atoms with E-state index in [0.29, 0.717) is 32.4 Å². The van der Waals surface area contributed by atoms with E-state index in [0.717, 1.165) is 0 Å².